The fourth-order valence-electron chi connectivity index (χ4n) is 4.68. The van der Waals surface area contributed by atoms with Crippen LogP contribution in [0.2, 0.25) is 0 Å². The zero-order chi connectivity index (χ0) is 23.9. The summed E-state index contributed by atoms with van der Waals surface area (Å²) in [6.07, 6.45) is 0.637. The van der Waals surface area contributed by atoms with Crippen molar-refractivity contribution in [3.05, 3.63) is 71.7 Å². The Balaban J connectivity index is 1.36. The van der Waals surface area contributed by atoms with E-state index in [1.54, 1.807) is 11.1 Å². The molecule has 5 rings (SSSR count). The predicted molar refractivity (Wildman–Crippen MR) is 118 cm³/mol. The molecule has 4 heterocycles. The molecule has 2 aliphatic heterocycles. The Hall–Kier alpha value is -3.49. The van der Waals surface area contributed by atoms with Gasteiger partial charge in [-0.3, -0.25) is 9.36 Å². The number of rotatable bonds is 4. The Bertz CT molecular complexity index is 1210. The van der Waals surface area contributed by atoms with E-state index in [0.29, 0.717) is 38.1 Å². The maximum atomic E-state index is 13.6. The molecule has 9 heteroatoms. The first-order valence-corrected chi connectivity index (χ1v) is 11.3. The number of hydrogen-bond acceptors (Lipinski definition) is 4. The van der Waals surface area contributed by atoms with Crippen LogP contribution in [-0.2, 0) is 11.8 Å². The highest BCUT2D eigenvalue weighted by molar-refractivity contribution is 5.94. The van der Waals surface area contributed by atoms with Crippen molar-refractivity contribution >= 4 is 5.91 Å². The van der Waals surface area contributed by atoms with Gasteiger partial charge in [-0.05, 0) is 48.9 Å². The van der Waals surface area contributed by atoms with E-state index in [1.165, 1.54) is 12.1 Å². The summed E-state index contributed by atoms with van der Waals surface area (Å²) in [4.78, 5) is 19.1. The number of benzene rings is 1. The summed E-state index contributed by atoms with van der Waals surface area (Å²) in [5.41, 5.74) is -0.597. The molecule has 0 N–H and O–H groups in total. The minimum Gasteiger partial charge on any atom is -0.493 e. The summed E-state index contributed by atoms with van der Waals surface area (Å²) < 4.78 is 54.5. The zero-order valence-corrected chi connectivity index (χ0v) is 18.6. The molecule has 0 radical (unpaired) electrons. The maximum absolute atomic E-state index is 13.6. The number of carbonyl (C=O) groups excluding carboxylic acids is 1. The van der Waals surface area contributed by atoms with Crippen molar-refractivity contribution in [1.82, 2.24) is 14.5 Å². The monoisotopic (exact) mass is 471 g/mol. The minimum absolute atomic E-state index is 0.00499. The van der Waals surface area contributed by atoms with Crippen molar-refractivity contribution in [2.75, 3.05) is 19.7 Å². The molecular formula is C25H24F3N3O3. The summed E-state index contributed by atoms with van der Waals surface area (Å²) >= 11 is 0. The first-order chi connectivity index (χ1) is 16.3. The van der Waals surface area contributed by atoms with Crippen molar-refractivity contribution in [2.24, 2.45) is 0 Å². The van der Waals surface area contributed by atoms with Crippen LogP contribution in [0.1, 0.15) is 47.8 Å². The van der Waals surface area contributed by atoms with Crippen LogP contribution in [0.15, 0.2) is 54.9 Å². The van der Waals surface area contributed by atoms with E-state index in [-0.39, 0.29) is 17.9 Å². The summed E-state index contributed by atoms with van der Waals surface area (Å²) in [5.74, 6) is 0.697. The van der Waals surface area contributed by atoms with Crippen LogP contribution in [0.25, 0.3) is 5.82 Å². The van der Waals surface area contributed by atoms with E-state index < -0.39 is 23.2 Å². The van der Waals surface area contributed by atoms with E-state index in [9.17, 15) is 18.0 Å². The number of fused-ring (bicyclic) bond motifs is 4. The number of nitrogens with zero attached hydrogens (tertiary/aromatic N) is 3. The second kappa shape index (κ2) is 8.38. The van der Waals surface area contributed by atoms with Gasteiger partial charge in [0.1, 0.15) is 5.75 Å². The number of halogens is 3. The number of aromatic nitrogens is 2. The van der Waals surface area contributed by atoms with Crippen LogP contribution in [0.3, 0.4) is 0 Å². The highest BCUT2D eigenvalue weighted by Crippen LogP contribution is 2.44. The van der Waals surface area contributed by atoms with Crippen LogP contribution in [0.5, 0.6) is 11.5 Å². The maximum Gasteiger partial charge on any atom is 0.419 e. The molecule has 0 atom stereocenters. The fourth-order valence-corrected chi connectivity index (χ4v) is 4.68. The lowest BCUT2D eigenvalue weighted by Crippen LogP contribution is -2.50. The lowest BCUT2D eigenvalue weighted by Gasteiger charge is -2.44. The van der Waals surface area contributed by atoms with Crippen molar-refractivity contribution in [2.45, 2.75) is 38.0 Å². The van der Waals surface area contributed by atoms with E-state index in [4.69, 9.17) is 9.47 Å². The Morgan fingerprint density at radius 1 is 1.18 bits per heavy atom. The van der Waals surface area contributed by atoms with Crippen LogP contribution < -0.4 is 9.47 Å². The lowest BCUT2D eigenvalue weighted by molar-refractivity contribution is -0.139. The molecule has 1 amide bonds. The number of amides is 1. The number of hydrogen-bond donors (Lipinski definition) is 0. The van der Waals surface area contributed by atoms with Gasteiger partial charge < -0.3 is 14.4 Å². The molecule has 1 aromatic carbocycles. The van der Waals surface area contributed by atoms with Crippen molar-refractivity contribution in [3.63, 3.8) is 0 Å². The molecule has 178 valence electrons. The minimum atomic E-state index is -4.62. The largest absolute Gasteiger partial charge is 0.493 e. The third-order valence-electron chi connectivity index (χ3n) is 6.35. The Morgan fingerprint density at radius 2 is 1.97 bits per heavy atom. The van der Waals surface area contributed by atoms with Crippen LogP contribution in [-0.4, -0.2) is 40.1 Å². The first-order valence-electron chi connectivity index (χ1n) is 11.3. The van der Waals surface area contributed by atoms with Gasteiger partial charge in [0.15, 0.2) is 17.2 Å². The van der Waals surface area contributed by atoms with Gasteiger partial charge >= 0.3 is 6.18 Å². The molecule has 2 aliphatic rings. The summed E-state index contributed by atoms with van der Waals surface area (Å²) in [5, 5.41) is 0. The van der Waals surface area contributed by atoms with E-state index in [0.717, 1.165) is 17.6 Å². The summed E-state index contributed by atoms with van der Waals surface area (Å²) in [6.45, 7) is 2.70. The molecule has 0 bridgehead atoms. The van der Waals surface area contributed by atoms with Crippen molar-refractivity contribution in [3.8, 4) is 17.3 Å². The molecule has 1 saturated heterocycles. The average Bonchev–Trinajstić information content (AvgIpc) is 3.34. The Kier molecular flexibility index (Phi) is 5.50. The molecule has 2 aromatic heterocycles. The van der Waals surface area contributed by atoms with Gasteiger partial charge in [0.2, 0.25) is 0 Å². The number of piperidine rings is 1. The van der Waals surface area contributed by atoms with E-state index in [2.05, 4.69) is 4.98 Å². The fraction of sp³-hybridized carbons (Fsp3) is 0.360. The van der Waals surface area contributed by atoms with Gasteiger partial charge in [-0.15, -0.1) is 0 Å². The number of carbonyl (C=O) groups is 1. The van der Waals surface area contributed by atoms with Gasteiger partial charge in [0.25, 0.3) is 5.91 Å². The van der Waals surface area contributed by atoms with Gasteiger partial charge in [-0.1, -0.05) is 6.92 Å². The molecule has 0 saturated carbocycles. The molecular weight excluding hydrogens is 447 g/mol. The van der Waals surface area contributed by atoms with Crippen LogP contribution in [0.4, 0.5) is 13.2 Å². The van der Waals surface area contributed by atoms with Gasteiger partial charge in [-0.2, -0.15) is 13.2 Å². The number of likely N-dealkylation sites (tertiary alicyclic amines) is 1. The van der Waals surface area contributed by atoms with Crippen molar-refractivity contribution in [1.29, 1.82) is 0 Å². The standard InChI is InChI=1S/C25H24F3N3O3/c1-2-15-33-19-8-7-17(16-18(19)25(26,27)28)23(32)30-13-9-24(10-14-30)21-6-4-12-31(21)22-20(34-24)5-3-11-29-22/h3-8,11-12,16H,2,9-10,13-15H2,1H3. The molecule has 1 fully saturated rings. The second-order valence-corrected chi connectivity index (χ2v) is 8.53. The number of ether oxygens (including phenoxy) is 2. The number of pyridine rings is 1. The van der Waals surface area contributed by atoms with Gasteiger partial charge in [0.05, 0.1) is 17.9 Å². The lowest BCUT2D eigenvalue weighted by atomic mass is 9.86. The van der Waals surface area contributed by atoms with Crippen LogP contribution in [0, 0.1) is 0 Å². The second-order valence-electron chi connectivity index (χ2n) is 8.53. The highest BCUT2D eigenvalue weighted by Gasteiger charge is 2.45. The third-order valence-corrected chi connectivity index (χ3v) is 6.35. The Labute approximate surface area is 194 Å². The quantitative estimate of drug-likeness (QED) is 0.525. The molecule has 0 aliphatic carbocycles. The van der Waals surface area contributed by atoms with E-state index >= 15 is 0 Å². The summed E-state index contributed by atoms with van der Waals surface area (Å²) in [6, 6.07) is 11.1. The molecule has 1 spiro atoms. The molecule has 0 unspecified atom stereocenters. The predicted octanol–water partition coefficient (Wildman–Crippen LogP) is 5.20. The average molecular weight is 471 g/mol. The van der Waals surface area contributed by atoms with Crippen LogP contribution >= 0.6 is 0 Å². The zero-order valence-electron chi connectivity index (χ0n) is 18.6. The third kappa shape index (κ3) is 3.78. The number of alkyl halides is 3. The highest BCUT2D eigenvalue weighted by atomic mass is 19.4. The Morgan fingerprint density at radius 3 is 2.71 bits per heavy atom. The van der Waals surface area contributed by atoms with Gasteiger partial charge in [-0.25, -0.2) is 4.98 Å². The smallest absolute Gasteiger partial charge is 0.419 e. The topological polar surface area (TPSA) is 56.6 Å². The van der Waals surface area contributed by atoms with Gasteiger partial charge in [0, 0.05) is 43.9 Å². The van der Waals surface area contributed by atoms with E-state index in [1.807, 2.05) is 42.0 Å². The summed E-state index contributed by atoms with van der Waals surface area (Å²) in [7, 11) is 0. The van der Waals surface area contributed by atoms with Crippen molar-refractivity contribution < 1.29 is 27.4 Å². The first kappa shape index (κ1) is 22.3. The molecule has 34 heavy (non-hydrogen) atoms. The SMILES string of the molecule is CCCOc1ccc(C(=O)N2CCC3(CC2)Oc2cccnc2-n2cccc23)cc1C(F)(F)F. The normalized spacial score (nSPS) is 16.5. The molecule has 3 aromatic rings. The molecule has 6 nitrogen and oxygen atoms in total.